The molecule has 1 fully saturated rings. The molecule has 1 saturated carbocycles. The number of hydrogen-bond acceptors (Lipinski definition) is 2. The molecule has 1 aliphatic carbocycles. The molecule has 0 aromatic carbocycles. The van der Waals surface area contributed by atoms with E-state index in [1.807, 2.05) is 0 Å². The first-order valence-electron chi connectivity index (χ1n) is 8.40. The molecule has 1 atom stereocenters. The minimum atomic E-state index is 0.532. The fourth-order valence-electron chi connectivity index (χ4n) is 3.45. The molecule has 0 radical (unpaired) electrons. The Morgan fingerprint density at radius 3 is 2.42 bits per heavy atom. The summed E-state index contributed by atoms with van der Waals surface area (Å²) >= 11 is 0. The van der Waals surface area contributed by atoms with Crippen LogP contribution in [0.1, 0.15) is 59.8 Å². The highest BCUT2D eigenvalue weighted by atomic mass is 15.1. The summed E-state index contributed by atoms with van der Waals surface area (Å²) in [5.41, 5.74) is 0.532. The van der Waals surface area contributed by atoms with Crippen molar-refractivity contribution in [3.05, 3.63) is 0 Å². The molecular weight excluding hydrogens is 232 g/mol. The lowest BCUT2D eigenvalue weighted by Crippen LogP contribution is -2.46. The average Bonchev–Trinajstić information content (AvgIpc) is 2.39. The van der Waals surface area contributed by atoms with Crippen LogP contribution in [0, 0.1) is 17.3 Å². The second kappa shape index (κ2) is 8.26. The molecule has 0 aromatic rings. The van der Waals surface area contributed by atoms with Crippen LogP contribution in [0.25, 0.3) is 0 Å². The molecule has 0 saturated heterocycles. The van der Waals surface area contributed by atoms with Crippen LogP contribution < -0.4 is 5.32 Å². The highest BCUT2D eigenvalue weighted by Crippen LogP contribution is 2.39. The van der Waals surface area contributed by atoms with E-state index in [1.54, 1.807) is 0 Å². The summed E-state index contributed by atoms with van der Waals surface area (Å²) in [6.07, 6.45) is 6.95. The van der Waals surface area contributed by atoms with Crippen molar-refractivity contribution < 1.29 is 0 Å². The highest BCUT2D eigenvalue weighted by molar-refractivity contribution is 4.89. The van der Waals surface area contributed by atoms with E-state index in [0.29, 0.717) is 5.41 Å². The molecule has 1 N–H and O–H groups in total. The van der Waals surface area contributed by atoms with E-state index in [1.165, 1.54) is 51.7 Å². The highest BCUT2D eigenvalue weighted by Gasteiger charge is 2.34. The molecule has 19 heavy (non-hydrogen) atoms. The van der Waals surface area contributed by atoms with Crippen molar-refractivity contribution in [2.45, 2.75) is 59.8 Å². The van der Waals surface area contributed by atoms with Gasteiger partial charge in [0.15, 0.2) is 0 Å². The third kappa shape index (κ3) is 5.83. The Morgan fingerprint density at radius 1 is 1.26 bits per heavy atom. The van der Waals surface area contributed by atoms with E-state index in [4.69, 9.17) is 0 Å². The molecule has 1 unspecified atom stereocenters. The largest absolute Gasteiger partial charge is 0.316 e. The second-order valence-corrected chi connectivity index (χ2v) is 7.17. The normalized spacial score (nSPS) is 29.7. The van der Waals surface area contributed by atoms with Crippen molar-refractivity contribution in [2.24, 2.45) is 17.3 Å². The van der Waals surface area contributed by atoms with Crippen LogP contribution in [0.3, 0.4) is 0 Å². The van der Waals surface area contributed by atoms with Gasteiger partial charge in [0.05, 0.1) is 0 Å². The molecule has 0 aromatic heterocycles. The molecule has 0 heterocycles. The summed E-state index contributed by atoms with van der Waals surface area (Å²) in [5.74, 6) is 1.76. The van der Waals surface area contributed by atoms with Gasteiger partial charge in [-0.25, -0.2) is 0 Å². The summed E-state index contributed by atoms with van der Waals surface area (Å²) in [7, 11) is 2.32. The van der Waals surface area contributed by atoms with Gasteiger partial charge in [0.2, 0.25) is 0 Å². The van der Waals surface area contributed by atoms with Gasteiger partial charge in [0.1, 0.15) is 0 Å². The summed E-state index contributed by atoms with van der Waals surface area (Å²) < 4.78 is 0. The monoisotopic (exact) mass is 268 g/mol. The summed E-state index contributed by atoms with van der Waals surface area (Å²) in [4.78, 5) is 2.58. The lowest BCUT2D eigenvalue weighted by Gasteiger charge is -2.42. The third-order valence-corrected chi connectivity index (χ3v) is 5.01. The zero-order valence-electron chi connectivity index (χ0n) is 14.0. The molecule has 1 rings (SSSR count). The van der Waals surface area contributed by atoms with E-state index >= 15 is 0 Å². The molecule has 0 spiro atoms. The van der Waals surface area contributed by atoms with Crippen LogP contribution in [0.15, 0.2) is 0 Å². The first-order chi connectivity index (χ1) is 9.01. The van der Waals surface area contributed by atoms with Crippen molar-refractivity contribution in [2.75, 3.05) is 33.2 Å². The smallest absolute Gasteiger partial charge is 0.00472 e. The predicted octanol–water partition coefficient (Wildman–Crippen LogP) is 3.77. The van der Waals surface area contributed by atoms with Gasteiger partial charge >= 0.3 is 0 Å². The number of hydrogen-bond donors (Lipinski definition) is 1. The first kappa shape index (κ1) is 17.0. The molecular formula is C17H36N2. The van der Waals surface area contributed by atoms with Gasteiger partial charge in [-0.15, -0.1) is 0 Å². The van der Waals surface area contributed by atoms with Gasteiger partial charge in [0.25, 0.3) is 0 Å². The minimum absolute atomic E-state index is 0.532. The lowest BCUT2D eigenvalue weighted by molar-refractivity contribution is 0.0927. The maximum Gasteiger partial charge on any atom is 0.00472 e. The average molecular weight is 268 g/mol. The van der Waals surface area contributed by atoms with E-state index in [2.05, 4.69) is 45.0 Å². The minimum Gasteiger partial charge on any atom is -0.316 e. The molecule has 0 aliphatic heterocycles. The third-order valence-electron chi connectivity index (χ3n) is 5.01. The summed E-state index contributed by atoms with van der Waals surface area (Å²) in [5, 5.41) is 3.62. The van der Waals surface area contributed by atoms with Crippen molar-refractivity contribution in [3.63, 3.8) is 0 Å². The number of rotatable bonds is 8. The first-order valence-corrected chi connectivity index (χ1v) is 8.40. The van der Waals surface area contributed by atoms with Gasteiger partial charge in [-0.1, -0.05) is 47.0 Å². The zero-order chi connectivity index (χ0) is 14.3. The van der Waals surface area contributed by atoms with Crippen LogP contribution in [-0.2, 0) is 0 Å². The topological polar surface area (TPSA) is 15.3 Å². The van der Waals surface area contributed by atoms with Gasteiger partial charge in [-0.3, -0.25) is 0 Å². The van der Waals surface area contributed by atoms with Crippen molar-refractivity contribution in [1.29, 1.82) is 0 Å². The Morgan fingerprint density at radius 2 is 1.89 bits per heavy atom. The van der Waals surface area contributed by atoms with Crippen LogP contribution in [0.4, 0.5) is 0 Å². The summed E-state index contributed by atoms with van der Waals surface area (Å²) in [6.45, 7) is 14.2. The van der Waals surface area contributed by atoms with E-state index in [9.17, 15) is 0 Å². The van der Waals surface area contributed by atoms with Gasteiger partial charge in [0, 0.05) is 19.6 Å². The zero-order valence-corrected chi connectivity index (χ0v) is 14.0. The van der Waals surface area contributed by atoms with Crippen molar-refractivity contribution in [1.82, 2.24) is 10.2 Å². The Balaban J connectivity index is 2.53. The van der Waals surface area contributed by atoms with Crippen LogP contribution in [0.2, 0.25) is 0 Å². The fraction of sp³-hybridized carbons (Fsp3) is 1.00. The maximum atomic E-state index is 3.62. The van der Waals surface area contributed by atoms with Gasteiger partial charge in [-0.05, 0) is 43.7 Å². The molecule has 1 aliphatic rings. The SMILES string of the molecule is CCNCC1(CN(C)CC(C)CC)CCC(C)CC1. The van der Waals surface area contributed by atoms with Crippen molar-refractivity contribution in [3.8, 4) is 0 Å². The Bertz CT molecular complexity index is 226. The Labute approximate surface area is 121 Å². The Kier molecular flexibility index (Phi) is 7.38. The van der Waals surface area contributed by atoms with Crippen molar-refractivity contribution >= 4 is 0 Å². The van der Waals surface area contributed by atoms with E-state index in [0.717, 1.165) is 18.4 Å². The van der Waals surface area contributed by atoms with Crippen LogP contribution >= 0.6 is 0 Å². The van der Waals surface area contributed by atoms with E-state index in [-0.39, 0.29) is 0 Å². The van der Waals surface area contributed by atoms with Gasteiger partial charge in [-0.2, -0.15) is 0 Å². The molecule has 0 amide bonds. The maximum absolute atomic E-state index is 3.62. The molecule has 2 nitrogen and oxygen atoms in total. The number of nitrogens with zero attached hydrogens (tertiary/aromatic N) is 1. The van der Waals surface area contributed by atoms with Crippen LogP contribution in [0.5, 0.6) is 0 Å². The quantitative estimate of drug-likeness (QED) is 0.721. The standard InChI is InChI=1S/C17H36N2/c1-6-15(3)12-19(5)14-17(13-18-7-2)10-8-16(4)9-11-17/h15-16,18H,6-14H2,1-5H3. The van der Waals surface area contributed by atoms with Crippen LogP contribution in [-0.4, -0.2) is 38.1 Å². The van der Waals surface area contributed by atoms with Gasteiger partial charge < -0.3 is 10.2 Å². The number of nitrogens with one attached hydrogen (secondary N) is 1. The molecule has 2 heteroatoms. The molecule has 0 bridgehead atoms. The lowest BCUT2D eigenvalue weighted by atomic mass is 9.70. The molecule has 114 valence electrons. The second-order valence-electron chi connectivity index (χ2n) is 7.17. The predicted molar refractivity (Wildman–Crippen MR) is 85.6 cm³/mol. The summed E-state index contributed by atoms with van der Waals surface area (Å²) in [6, 6.07) is 0. The fourth-order valence-corrected chi connectivity index (χ4v) is 3.45. The van der Waals surface area contributed by atoms with E-state index < -0.39 is 0 Å². The Hall–Kier alpha value is -0.0800.